The van der Waals surface area contributed by atoms with E-state index in [1.54, 1.807) is 53.5 Å². The number of benzene rings is 2. The number of rotatable bonds is 12. The summed E-state index contributed by atoms with van der Waals surface area (Å²) in [6, 6.07) is 12.2. The molecule has 4 aromatic rings. The number of hydrogen-bond acceptors (Lipinski definition) is 9. The fourth-order valence-corrected chi connectivity index (χ4v) is 5.81. The second-order valence-electron chi connectivity index (χ2n) is 8.07. The highest BCUT2D eigenvalue weighted by molar-refractivity contribution is 7.99. The molecule has 0 fully saturated rings. The van der Waals surface area contributed by atoms with Crippen LogP contribution in [0.3, 0.4) is 0 Å². The fraction of sp³-hybridized carbons (Fsp3) is 0.185. The molecule has 9 nitrogen and oxygen atoms in total. The number of ether oxygens (including phenoxy) is 3. The minimum atomic E-state index is -0.550. The van der Waals surface area contributed by atoms with Crippen molar-refractivity contribution in [1.29, 1.82) is 0 Å². The maximum atomic E-state index is 12.9. The Hall–Kier alpha value is -3.51. The summed E-state index contributed by atoms with van der Waals surface area (Å²) in [7, 11) is 2.88. The lowest BCUT2D eigenvalue weighted by Gasteiger charge is -2.10. The Morgan fingerprint density at radius 3 is 2.60 bits per heavy atom. The van der Waals surface area contributed by atoms with Gasteiger partial charge in [0.1, 0.15) is 28.7 Å². The van der Waals surface area contributed by atoms with Crippen LogP contribution in [0.4, 0.5) is 5.00 Å². The van der Waals surface area contributed by atoms with E-state index in [0.717, 1.165) is 5.56 Å². The highest BCUT2D eigenvalue weighted by Gasteiger charge is 2.23. The molecular weight excluding hydrogens is 595 g/mol. The van der Waals surface area contributed by atoms with Gasteiger partial charge in [-0.15, -0.1) is 28.1 Å². The number of carbonyl (C=O) groups is 2. The number of nitrogens with zero attached hydrogens (tertiary/aromatic N) is 3. The Balaban J connectivity index is 1.45. The molecule has 1 N–H and O–H groups in total. The third-order valence-electron chi connectivity index (χ3n) is 5.52. The van der Waals surface area contributed by atoms with E-state index in [1.807, 2.05) is 12.1 Å². The molecule has 4 rings (SSSR count). The SMILES string of the molecule is C=CCn1c(COc2ccc(Cl)cc2Cl)nnc1SCC(=O)Nc1scc(-c2ccc(OC)cc2)c1C(=O)OC. The third kappa shape index (κ3) is 6.97. The van der Waals surface area contributed by atoms with Crippen molar-refractivity contribution in [3.05, 3.63) is 81.9 Å². The Bertz CT molecular complexity index is 1520. The van der Waals surface area contributed by atoms with E-state index in [2.05, 4.69) is 22.1 Å². The summed E-state index contributed by atoms with van der Waals surface area (Å²) in [5, 5.41) is 14.8. The van der Waals surface area contributed by atoms with Gasteiger partial charge in [-0.3, -0.25) is 9.36 Å². The first-order valence-electron chi connectivity index (χ1n) is 11.7. The summed E-state index contributed by atoms with van der Waals surface area (Å²) in [5.74, 6) is 0.832. The number of aromatic nitrogens is 3. The van der Waals surface area contributed by atoms with Crippen LogP contribution in [0, 0.1) is 0 Å². The van der Waals surface area contributed by atoms with E-state index in [0.29, 0.717) is 49.6 Å². The van der Waals surface area contributed by atoms with Gasteiger partial charge in [0, 0.05) is 22.5 Å². The smallest absolute Gasteiger partial charge is 0.341 e. The zero-order valence-electron chi connectivity index (χ0n) is 21.5. The molecule has 2 heterocycles. The van der Waals surface area contributed by atoms with Crippen molar-refractivity contribution < 1.29 is 23.8 Å². The number of esters is 1. The molecule has 208 valence electrons. The molecule has 0 bridgehead atoms. The lowest BCUT2D eigenvalue weighted by Crippen LogP contribution is -2.16. The molecule has 0 aliphatic rings. The number of anilines is 1. The first kappa shape index (κ1) is 29.5. The summed E-state index contributed by atoms with van der Waals surface area (Å²) in [4.78, 5) is 25.5. The summed E-state index contributed by atoms with van der Waals surface area (Å²) >= 11 is 14.6. The Labute approximate surface area is 249 Å². The van der Waals surface area contributed by atoms with Gasteiger partial charge in [-0.2, -0.15) is 0 Å². The van der Waals surface area contributed by atoms with E-state index in [4.69, 9.17) is 37.4 Å². The zero-order chi connectivity index (χ0) is 28.6. The Morgan fingerprint density at radius 1 is 1.15 bits per heavy atom. The Morgan fingerprint density at radius 2 is 1.93 bits per heavy atom. The number of halogens is 2. The number of carbonyl (C=O) groups excluding carboxylic acids is 2. The number of thiophene rings is 1. The first-order valence-corrected chi connectivity index (χ1v) is 14.3. The quantitative estimate of drug-likeness (QED) is 0.107. The topological polar surface area (TPSA) is 105 Å². The molecule has 0 spiro atoms. The standard InChI is InChI=1S/C27H24Cl2N4O5S2/c1-4-11-33-22(13-38-21-10-7-17(28)12-20(21)29)31-32-27(33)40-15-23(34)30-25-24(26(35)37-3)19(14-39-25)16-5-8-18(36-2)9-6-16/h4-10,12,14H,1,11,13,15H2,2-3H3,(H,30,34). The largest absolute Gasteiger partial charge is 0.497 e. The van der Waals surface area contributed by atoms with E-state index in [9.17, 15) is 9.59 Å². The van der Waals surface area contributed by atoms with Gasteiger partial charge in [0.2, 0.25) is 5.91 Å². The molecule has 0 saturated carbocycles. The van der Waals surface area contributed by atoms with Crippen LogP contribution in [-0.4, -0.2) is 46.6 Å². The van der Waals surface area contributed by atoms with Gasteiger partial charge >= 0.3 is 5.97 Å². The molecule has 0 atom stereocenters. The minimum Gasteiger partial charge on any atom is -0.497 e. The van der Waals surface area contributed by atoms with Gasteiger partial charge in [0.15, 0.2) is 11.0 Å². The molecule has 0 aliphatic heterocycles. The number of thioether (sulfide) groups is 1. The highest BCUT2D eigenvalue weighted by Crippen LogP contribution is 2.37. The monoisotopic (exact) mass is 618 g/mol. The second-order valence-corrected chi connectivity index (χ2v) is 10.7. The zero-order valence-corrected chi connectivity index (χ0v) is 24.6. The van der Waals surface area contributed by atoms with E-state index in [-0.39, 0.29) is 23.8 Å². The summed E-state index contributed by atoms with van der Waals surface area (Å²) in [5.41, 5.74) is 1.73. The van der Waals surface area contributed by atoms with Crippen LogP contribution in [-0.2, 0) is 22.7 Å². The number of hydrogen-bond donors (Lipinski definition) is 1. The maximum absolute atomic E-state index is 12.9. The van der Waals surface area contributed by atoms with Crippen molar-refractivity contribution in [2.24, 2.45) is 0 Å². The van der Waals surface area contributed by atoms with Gasteiger partial charge in [-0.05, 0) is 35.9 Å². The first-order chi connectivity index (χ1) is 19.3. The molecule has 1 amide bonds. The van der Waals surface area contributed by atoms with Gasteiger partial charge in [-0.25, -0.2) is 4.79 Å². The van der Waals surface area contributed by atoms with Crippen LogP contribution >= 0.6 is 46.3 Å². The summed E-state index contributed by atoms with van der Waals surface area (Å²) < 4.78 is 17.8. The minimum absolute atomic E-state index is 0.0233. The average molecular weight is 620 g/mol. The van der Waals surface area contributed by atoms with Gasteiger partial charge in [0.05, 0.1) is 25.0 Å². The molecule has 2 aromatic carbocycles. The number of allylic oxidation sites excluding steroid dienone is 1. The van der Waals surface area contributed by atoms with Crippen LogP contribution in [0.1, 0.15) is 16.2 Å². The predicted molar refractivity (Wildman–Crippen MR) is 158 cm³/mol. The van der Waals surface area contributed by atoms with Crippen LogP contribution in [0.5, 0.6) is 11.5 Å². The lowest BCUT2D eigenvalue weighted by molar-refractivity contribution is -0.113. The van der Waals surface area contributed by atoms with Crippen LogP contribution in [0.25, 0.3) is 11.1 Å². The van der Waals surface area contributed by atoms with Crippen molar-refractivity contribution >= 4 is 63.2 Å². The van der Waals surface area contributed by atoms with Gasteiger partial charge in [0.25, 0.3) is 0 Å². The fourth-order valence-electron chi connectivity index (χ4n) is 3.61. The van der Waals surface area contributed by atoms with Crippen LogP contribution in [0.15, 0.2) is 65.7 Å². The molecular formula is C27H24Cl2N4O5S2. The van der Waals surface area contributed by atoms with Crippen LogP contribution < -0.4 is 14.8 Å². The lowest BCUT2D eigenvalue weighted by atomic mass is 10.0. The normalized spacial score (nSPS) is 10.7. The van der Waals surface area contributed by atoms with E-state index in [1.165, 1.54) is 30.2 Å². The average Bonchev–Trinajstić information content (AvgIpc) is 3.55. The number of nitrogens with one attached hydrogen (secondary N) is 1. The highest BCUT2D eigenvalue weighted by atomic mass is 35.5. The van der Waals surface area contributed by atoms with Crippen molar-refractivity contribution in [1.82, 2.24) is 14.8 Å². The van der Waals surface area contributed by atoms with Crippen molar-refractivity contribution in [2.75, 3.05) is 25.3 Å². The predicted octanol–water partition coefficient (Wildman–Crippen LogP) is 6.60. The van der Waals surface area contributed by atoms with Gasteiger partial charge < -0.3 is 19.5 Å². The van der Waals surface area contributed by atoms with Gasteiger partial charge in [-0.1, -0.05) is 53.2 Å². The maximum Gasteiger partial charge on any atom is 0.341 e. The molecule has 0 radical (unpaired) electrons. The van der Waals surface area contributed by atoms with Crippen molar-refractivity contribution in [3.8, 4) is 22.6 Å². The Kier molecular flexibility index (Phi) is 10.1. The van der Waals surface area contributed by atoms with Crippen molar-refractivity contribution in [3.63, 3.8) is 0 Å². The molecule has 40 heavy (non-hydrogen) atoms. The summed E-state index contributed by atoms with van der Waals surface area (Å²) in [6.07, 6.45) is 1.70. The number of methoxy groups -OCH3 is 2. The van der Waals surface area contributed by atoms with Crippen LogP contribution in [0.2, 0.25) is 10.0 Å². The molecule has 0 saturated heterocycles. The molecule has 0 aliphatic carbocycles. The number of amides is 1. The second kappa shape index (κ2) is 13.7. The molecule has 13 heteroatoms. The van der Waals surface area contributed by atoms with Crippen molar-refractivity contribution in [2.45, 2.75) is 18.3 Å². The summed E-state index contributed by atoms with van der Waals surface area (Å²) in [6.45, 7) is 4.30. The molecule has 2 aromatic heterocycles. The van der Waals surface area contributed by atoms with E-state index < -0.39 is 5.97 Å². The third-order valence-corrected chi connectivity index (χ3v) is 7.92. The molecule has 0 unspecified atom stereocenters. The van der Waals surface area contributed by atoms with E-state index >= 15 is 0 Å².